The number of phosphoric ester groups is 1. The molecule has 0 bridgehead atoms. The van der Waals surface area contributed by atoms with Crippen LogP contribution in [0.15, 0.2) is 0 Å². The molecule has 0 radical (unpaired) electrons. The maximum absolute atomic E-state index is 12.2. The van der Waals surface area contributed by atoms with Crippen molar-refractivity contribution >= 4 is 19.8 Å². The Balaban J connectivity index is 2.23. The molecule has 0 heterocycles. The Morgan fingerprint density at radius 2 is 1.38 bits per heavy atom. The van der Waals surface area contributed by atoms with E-state index < -0.39 is 32.5 Å². The fourth-order valence-corrected chi connectivity index (χ4v) is 5.08. The summed E-state index contributed by atoms with van der Waals surface area (Å²) < 4.78 is 33.4. The SMILES string of the molecule is CCCCCCCCCCCCCCCC(=O)OCC(COP(=O)(O)OCC(NC)C(=O)O)OC(C)C1CC1. The van der Waals surface area contributed by atoms with Crippen LogP contribution in [0.2, 0.25) is 0 Å². The number of unbranched alkanes of at least 4 members (excludes halogenated alkanes) is 12. The van der Waals surface area contributed by atoms with E-state index in [1.54, 1.807) is 0 Å². The van der Waals surface area contributed by atoms with Crippen LogP contribution in [0.5, 0.6) is 0 Å². The number of esters is 1. The molecule has 11 heteroatoms. The second-order valence-electron chi connectivity index (χ2n) is 10.7. The first-order chi connectivity index (χ1) is 18.7. The van der Waals surface area contributed by atoms with Crippen LogP contribution in [0.3, 0.4) is 0 Å². The van der Waals surface area contributed by atoms with Crippen molar-refractivity contribution in [2.24, 2.45) is 5.92 Å². The summed E-state index contributed by atoms with van der Waals surface area (Å²) >= 11 is 0. The van der Waals surface area contributed by atoms with Crippen molar-refractivity contribution in [3.8, 4) is 0 Å². The van der Waals surface area contributed by atoms with Gasteiger partial charge in [0.15, 0.2) is 0 Å². The van der Waals surface area contributed by atoms with E-state index in [4.69, 9.17) is 23.6 Å². The summed E-state index contributed by atoms with van der Waals surface area (Å²) in [6.45, 7) is 3.20. The zero-order chi connectivity index (χ0) is 28.9. The van der Waals surface area contributed by atoms with Gasteiger partial charge in [0.1, 0.15) is 18.8 Å². The number of hydrogen-bond donors (Lipinski definition) is 3. The Kier molecular flexibility index (Phi) is 20.0. The first-order valence-electron chi connectivity index (χ1n) is 15.0. The third-order valence-electron chi connectivity index (χ3n) is 7.08. The van der Waals surface area contributed by atoms with E-state index >= 15 is 0 Å². The highest BCUT2D eigenvalue weighted by Crippen LogP contribution is 2.43. The molecule has 0 aromatic rings. The van der Waals surface area contributed by atoms with Gasteiger partial charge in [-0.05, 0) is 39.2 Å². The van der Waals surface area contributed by atoms with E-state index in [1.165, 1.54) is 71.3 Å². The third-order valence-corrected chi connectivity index (χ3v) is 8.03. The zero-order valence-electron chi connectivity index (χ0n) is 24.4. The highest BCUT2D eigenvalue weighted by atomic mass is 31.2. The molecule has 0 amide bonds. The number of ether oxygens (including phenoxy) is 2. The topological polar surface area (TPSA) is 141 Å². The van der Waals surface area contributed by atoms with Crippen molar-refractivity contribution in [2.45, 2.75) is 135 Å². The summed E-state index contributed by atoms with van der Waals surface area (Å²) in [5.74, 6) is -1.13. The first-order valence-corrected chi connectivity index (χ1v) is 16.5. The maximum Gasteiger partial charge on any atom is 0.472 e. The van der Waals surface area contributed by atoms with Crippen molar-refractivity contribution in [1.29, 1.82) is 0 Å². The summed E-state index contributed by atoms with van der Waals surface area (Å²) in [6, 6.07) is -1.15. The van der Waals surface area contributed by atoms with Crippen molar-refractivity contribution in [1.82, 2.24) is 5.32 Å². The second-order valence-corrected chi connectivity index (χ2v) is 12.2. The van der Waals surface area contributed by atoms with Gasteiger partial charge in [0, 0.05) is 6.42 Å². The Hall–Kier alpha value is -1.03. The van der Waals surface area contributed by atoms with Gasteiger partial charge >= 0.3 is 19.8 Å². The van der Waals surface area contributed by atoms with Crippen LogP contribution in [-0.2, 0) is 32.7 Å². The third kappa shape index (κ3) is 19.6. The predicted octanol–water partition coefficient (Wildman–Crippen LogP) is 6.00. The minimum absolute atomic E-state index is 0.0946. The van der Waals surface area contributed by atoms with Crippen molar-refractivity contribution in [3.05, 3.63) is 0 Å². The standard InChI is InChI=1S/C28H54NO9P/c1-4-5-6-7-8-9-10-11-12-13-14-15-16-17-27(30)35-20-25(38-23(2)24-18-19-24)21-36-39(33,34)37-22-26(29-3)28(31)32/h23-26,29H,4-22H2,1-3H3,(H,31,32)(H,33,34). The highest BCUT2D eigenvalue weighted by molar-refractivity contribution is 7.47. The molecule has 1 fully saturated rings. The summed E-state index contributed by atoms with van der Waals surface area (Å²) in [4.78, 5) is 33.2. The maximum atomic E-state index is 12.2. The number of carbonyl (C=O) groups is 2. The molecule has 10 nitrogen and oxygen atoms in total. The molecule has 230 valence electrons. The molecule has 0 spiro atoms. The Morgan fingerprint density at radius 3 is 1.87 bits per heavy atom. The van der Waals surface area contributed by atoms with E-state index in [-0.39, 0.29) is 25.3 Å². The van der Waals surface area contributed by atoms with Crippen LogP contribution in [0.4, 0.5) is 0 Å². The van der Waals surface area contributed by atoms with Gasteiger partial charge in [0.05, 0.1) is 19.3 Å². The molecule has 3 N–H and O–H groups in total. The van der Waals surface area contributed by atoms with Crippen molar-refractivity contribution in [3.63, 3.8) is 0 Å². The molecular formula is C28H54NO9P. The molecule has 4 unspecified atom stereocenters. The number of aliphatic carboxylic acids is 1. The smallest absolute Gasteiger partial charge is 0.472 e. The highest BCUT2D eigenvalue weighted by Gasteiger charge is 2.32. The fourth-order valence-electron chi connectivity index (χ4n) is 4.31. The van der Waals surface area contributed by atoms with Gasteiger partial charge in [0.2, 0.25) is 0 Å². The number of nitrogens with one attached hydrogen (secondary N) is 1. The van der Waals surface area contributed by atoms with Crippen LogP contribution >= 0.6 is 7.82 Å². The van der Waals surface area contributed by atoms with Gasteiger partial charge in [-0.2, -0.15) is 0 Å². The number of phosphoric acid groups is 1. The lowest BCUT2D eigenvalue weighted by molar-refractivity contribution is -0.151. The Morgan fingerprint density at radius 1 is 0.872 bits per heavy atom. The van der Waals surface area contributed by atoms with E-state index in [0.29, 0.717) is 12.3 Å². The predicted molar refractivity (Wildman–Crippen MR) is 151 cm³/mol. The van der Waals surface area contributed by atoms with E-state index in [0.717, 1.165) is 32.1 Å². The van der Waals surface area contributed by atoms with Crippen LogP contribution in [-0.4, -0.2) is 67.1 Å². The fraction of sp³-hybridized carbons (Fsp3) is 0.929. The minimum atomic E-state index is -4.52. The lowest BCUT2D eigenvalue weighted by atomic mass is 10.0. The minimum Gasteiger partial charge on any atom is -0.480 e. The molecule has 0 aromatic heterocycles. The van der Waals surface area contributed by atoms with Crippen LogP contribution in [0, 0.1) is 5.92 Å². The molecule has 1 aliphatic carbocycles. The number of rotatable bonds is 27. The van der Waals surface area contributed by atoms with Gasteiger partial charge in [0.25, 0.3) is 0 Å². The Bertz CT molecular complexity index is 705. The molecular weight excluding hydrogens is 525 g/mol. The summed E-state index contributed by atoms with van der Waals surface area (Å²) in [7, 11) is -3.12. The average Bonchev–Trinajstić information content (AvgIpc) is 3.74. The van der Waals surface area contributed by atoms with Crippen molar-refractivity contribution in [2.75, 3.05) is 26.9 Å². The molecule has 4 atom stereocenters. The molecule has 0 aliphatic heterocycles. The van der Waals surface area contributed by atoms with Gasteiger partial charge in [-0.1, -0.05) is 84.0 Å². The number of likely N-dealkylation sites (N-methyl/N-ethyl adjacent to an activating group) is 1. The number of carboxylic acids is 1. The lowest BCUT2D eigenvalue weighted by Crippen LogP contribution is -2.38. The Labute approximate surface area is 235 Å². The van der Waals surface area contributed by atoms with Crippen LogP contribution < -0.4 is 5.32 Å². The molecule has 1 rings (SSSR count). The van der Waals surface area contributed by atoms with Gasteiger partial charge in [-0.15, -0.1) is 0 Å². The van der Waals surface area contributed by atoms with Crippen LogP contribution in [0.25, 0.3) is 0 Å². The quantitative estimate of drug-likeness (QED) is 0.0603. The van der Waals surface area contributed by atoms with E-state index in [1.807, 2.05) is 6.92 Å². The normalized spacial score (nSPS) is 17.3. The summed E-state index contributed by atoms with van der Waals surface area (Å²) in [5.41, 5.74) is 0. The van der Waals surface area contributed by atoms with Gasteiger partial charge in [-0.3, -0.25) is 18.6 Å². The molecule has 0 saturated heterocycles. The lowest BCUT2D eigenvalue weighted by Gasteiger charge is -2.23. The summed E-state index contributed by atoms with van der Waals surface area (Å²) in [6.07, 6.45) is 17.6. The number of hydrogen-bond acceptors (Lipinski definition) is 8. The zero-order valence-corrected chi connectivity index (χ0v) is 25.3. The van der Waals surface area contributed by atoms with E-state index in [9.17, 15) is 19.0 Å². The molecule has 1 aliphatic rings. The molecule has 39 heavy (non-hydrogen) atoms. The average molecular weight is 580 g/mol. The van der Waals surface area contributed by atoms with Crippen molar-refractivity contribution < 1.29 is 42.7 Å². The number of carbonyl (C=O) groups excluding carboxylic acids is 1. The van der Waals surface area contributed by atoms with Gasteiger partial charge < -0.3 is 24.8 Å². The van der Waals surface area contributed by atoms with Crippen LogP contribution in [0.1, 0.15) is 117 Å². The second kappa shape index (κ2) is 21.7. The summed E-state index contributed by atoms with van der Waals surface area (Å²) in [5, 5.41) is 11.5. The van der Waals surface area contributed by atoms with E-state index in [2.05, 4.69) is 12.2 Å². The largest absolute Gasteiger partial charge is 0.480 e. The molecule has 0 aromatic carbocycles. The number of carboxylic acid groups (broad SMARTS) is 1. The van der Waals surface area contributed by atoms with Gasteiger partial charge in [-0.25, -0.2) is 4.57 Å². The molecule has 1 saturated carbocycles. The monoisotopic (exact) mass is 579 g/mol. The first kappa shape index (κ1) is 36.0.